The Kier molecular flexibility index (Phi) is 9.29. The number of alkyl carbamates (subject to hydrolysis) is 1. The quantitative estimate of drug-likeness (QED) is 0.229. The molecule has 0 atom stereocenters. The number of carboxylic acids is 1. The van der Waals surface area contributed by atoms with Gasteiger partial charge in [-0.15, -0.1) is 0 Å². The van der Waals surface area contributed by atoms with E-state index in [4.69, 9.17) is 15.2 Å². The minimum atomic E-state index is -1.23. The van der Waals surface area contributed by atoms with Gasteiger partial charge in [0.05, 0.1) is 12.2 Å². The van der Waals surface area contributed by atoms with Gasteiger partial charge in [-0.1, -0.05) is 0 Å². The van der Waals surface area contributed by atoms with Crippen molar-refractivity contribution in [3.05, 3.63) is 65.5 Å². The molecule has 0 radical (unpaired) electrons. The number of benzene rings is 1. The van der Waals surface area contributed by atoms with E-state index < -0.39 is 23.5 Å². The highest BCUT2D eigenvalue weighted by Gasteiger charge is 2.18. The molecule has 1 aromatic carbocycles. The average molecular weight is 541 g/mol. The Hall–Kier alpha value is -4.41. The molecule has 0 spiro atoms. The van der Waals surface area contributed by atoms with Gasteiger partial charge in [-0.2, -0.15) is 0 Å². The number of carbonyl (C=O) groups excluding carboxylic acids is 1. The highest BCUT2D eigenvalue weighted by atomic mass is 19.1. The maximum Gasteiger partial charge on any atom is 0.407 e. The molecule has 0 bridgehead atoms. The number of nitrogens with one attached hydrogen (secondary N) is 2. The summed E-state index contributed by atoms with van der Waals surface area (Å²) in [7, 11) is 1.67. The van der Waals surface area contributed by atoms with E-state index in [0.717, 1.165) is 11.3 Å². The number of ether oxygens (including phenoxy) is 2. The van der Waals surface area contributed by atoms with E-state index in [-0.39, 0.29) is 18.7 Å². The molecule has 2 heterocycles. The van der Waals surface area contributed by atoms with Gasteiger partial charge in [0.2, 0.25) is 0 Å². The van der Waals surface area contributed by atoms with E-state index >= 15 is 0 Å². The number of carbonyl (C=O) groups is 2. The number of amides is 1. The predicted molar refractivity (Wildman–Crippen MR) is 145 cm³/mol. The number of hydrogen-bond donors (Lipinski definition) is 4. The van der Waals surface area contributed by atoms with E-state index in [2.05, 4.69) is 15.3 Å². The molecule has 0 fully saturated rings. The van der Waals surface area contributed by atoms with E-state index in [0.29, 0.717) is 41.2 Å². The number of carboxylic acid groups (broad SMARTS) is 1. The Morgan fingerprint density at radius 3 is 2.64 bits per heavy atom. The van der Waals surface area contributed by atoms with Crippen LogP contribution in [0.2, 0.25) is 0 Å². The van der Waals surface area contributed by atoms with Crippen LogP contribution in [0.3, 0.4) is 0 Å². The van der Waals surface area contributed by atoms with E-state index in [1.807, 2.05) is 22.7 Å². The normalized spacial score (nSPS) is 12.7. The fraction of sp³-hybridized carbons (Fsp3) is 0.357. The number of nitrogens with two attached hydrogens (primary N) is 1. The Labute approximate surface area is 226 Å². The lowest BCUT2D eigenvalue weighted by Gasteiger charge is -2.19. The summed E-state index contributed by atoms with van der Waals surface area (Å²) in [5, 5.41) is 12.1. The van der Waals surface area contributed by atoms with Crippen molar-refractivity contribution in [1.82, 2.24) is 14.7 Å². The van der Waals surface area contributed by atoms with Crippen LogP contribution in [0.1, 0.15) is 39.8 Å². The van der Waals surface area contributed by atoms with Gasteiger partial charge in [-0.25, -0.2) is 24.0 Å². The van der Waals surface area contributed by atoms with Crippen molar-refractivity contribution in [2.75, 3.05) is 20.2 Å². The number of pyridine rings is 1. The zero-order chi connectivity index (χ0) is 28.7. The van der Waals surface area contributed by atoms with Crippen molar-refractivity contribution in [2.45, 2.75) is 46.1 Å². The topological polar surface area (TPSA) is 142 Å². The standard InChI is InChI=1S/C28H34FN5O5/c1-17(31-5)21(25(30)26(35)36)11-13-38-23-14-19(29)7-8-22(23)18-6-9-24-33-15-20(34(24)16-18)10-12-32-27(37)39-28(2,3)4/h6-9,14-16H,10-13,30H2,1-5H3,(H,32,37)(H,35,36)/p+1/b25-21-,31-17?. The first-order chi connectivity index (χ1) is 18.4. The molecule has 3 aromatic rings. The third-order valence-electron chi connectivity index (χ3n) is 5.88. The summed E-state index contributed by atoms with van der Waals surface area (Å²) in [5.74, 6) is -1.39. The molecule has 0 aliphatic carbocycles. The first-order valence-corrected chi connectivity index (χ1v) is 12.5. The van der Waals surface area contributed by atoms with Gasteiger partial charge in [-0.05, 0) is 45.0 Å². The van der Waals surface area contributed by atoms with Gasteiger partial charge >= 0.3 is 12.1 Å². The molecule has 0 aliphatic rings. The van der Waals surface area contributed by atoms with Crippen LogP contribution >= 0.6 is 0 Å². The third-order valence-corrected chi connectivity index (χ3v) is 5.88. The second-order valence-electron chi connectivity index (χ2n) is 9.89. The molecule has 1 amide bonds. The molecule has 5 N–H and O–H groups in total. The van der Waals surface area contributed by atoms with Crippen molar-refractivity contribution >= 4 is 23.4 Å². The number of rotatable bonds is 10. The molecule has 10 nitrogen and oxygen atoms in total. The highest BCUT2D eigenvalue weighted by molar-refractivity contribution is 6.01. The second-order valence-corrected chi connectivity index (χ2v) is 9.89. The predicted octanol–water partition coefficient (Wildman–Crippen LogP) is 2.45. The van der Waals surface area contributed by atoms with Crippen molar-refractivity contribution in [3.63, 3.8) is 0 Å². The molecule has 39 heavy (non-hydrogen) atoms. The van der Waals surface area contributed by atoms with Crippen molar-refractivity contribution < 1.29 is 33.6 Å². The average Bonchev–Trinajstić information content (AvgIpc) is 3.27. The molecule has 0 saturated carbocycles. The summed E-state index contributed by atoms with van der Waals surface area (Å²) in [4.78, 5) is 30.7. The Morgan fingerprint density at radius 1 is 1.23 bits per heavy atom. The summed E-state index contributed by atoms with van der Waals surface area (Å²) >= 11 is 0. The fourth-order valence-electron chi connectivity index (χ4n) is 3.90. The van der Waals surface area contributed by atoms with Crippen molar-refractivity contribution in [2.24, 2.45) is 5.73 Å². The molecule has 11 heteroatoms. The zero-order valence-corrected chi connectivity index (χ0v) is 22.8. The van der Waals surface area contributed by atoms with Crippen LogP contribution in [-0.2, 0) is 16.0 Å². The Balaban J connectivity index is 1.81. The lowest BCUT2D eigenvalue weighted by molar-refractivity contribution is -0.419. The number of hydrogen-bond acceptors (Lipinski definition) is 6. The van der Waals surface area contributed by atoms with Gasteiger partial charge in [0, 0.05) is 61.6 Å². The van der Waals surface area contributed by atoms with Crippen LogP contribution in [0.5, 0.6) is 5.75 Å². The molecule has 2 aromatic heterocycles. The minimum absolute atomic E-state index is 0.0771. The van der Waals surface area contributed by atoms with Gasteiger partial charge < -0.3 is 30.0 Å². The second kappa shape index (κ2) is 12.4. The summed E-state index contributed by atoms with van der Waals surface area (Å²) in [6, 6.07) is 7.96. The maximum absolute atomic E-state index is 14.2. The summed E-state index contributed by atoms with van der Waals surface area (Å²) in [6.45, 7) is 7.56. The molecule has 0 saturated heterocycles. The van der Waals surface area contributed by atoms with E-state index in [9.17, 15) is 19.1 Å². The summed E-state index contributed by atoms with van der Waals surface area (Å²) in [5.41, 5.74) is 8.91. The molecule has 0 unspecified atom stereocenters. The number of halogens is 1. The zero-order valence-electron chi connectivity index (χ0n) is 22.8. The van der Waals surface area contributed by atoms with Gasteiger partial charge in [-0.3, -0.25) is 0 Å². The SMILES string of the molecule is C[NH+]=C(C)/C(CCOc1cc(F)ccc1-c1ccc2ncc(CCNC(=O)OC(C)(C)C)n2c1)=C(\N)C(=O)O. The maximum atomic E-state index is 14.2. The summed E-state index contributed by atoms with van der Waals surface area (Å²) < 4.78 is 27.3. The fourth-order valence-corrected chi connectivity index (χ4v) is 3.90. The number of aliphatic carboxylic acids is 1. The number of imidazole rings is 1. The van der Waals surface area contributed by atoms with Gasteiger partial charge in [0.15, 0.2) is 5.71 Å². The Bertz CT molecular complexity index is 1420. The highest BCUT2D eigenvalue weighted by Crippen LogP contribution is 2.31. The van der Waals surface area contributed by atoms with Crippen LogP contribution < -0.4 is 20.8 Å². The first kappa shape index (κ1) is 29.2. The lowest BCUT2D eigenvalue weighted by atomic mass is 10.1. The molecule has 208 valence electrons. The smallest absolute Gasteiger partial charge is 0.407 e. The van der Waals surface area contributed by atoms with Gasteiger partial charge in [0.25, 0.3) is 0 Å². The number of fused-ring (bicyclic) bond motifs is 1. The molecular weight excluding hydrogens is 505 g/mol. The number of nitrogens with zero attached hydrogens (tertiary/aromatic N) is 2. The third kappa shape index (κ3) is 7.79. The monoisotopic (exact) mass is 540 g/mol. The van der Waals surface area contributed by atoms with Crippen LogP contribution in [0.15, 0.2) is 54.0 Å². The van der Waals surface area contributed by atoms with Crippen LogP contribution in [-0.4, -0.2) is 58.1 Å². The molecule has 3 rings (SSSR count). The van der Waals surface area contributed by atoms with Crippen molar-refractivity contribution in [3.8, 4) is 16.9 Å². The number of aromatic nitrogens is 2. The van der Waals surface area contributed by atoms with Crippen molar-refractivity contribution in [1.29, 1.82) is 0 Å². The minimum Gasteiger partial charge on any atom is -0.492 e. The van der Waals surface area contributed by atoms with E-state index in [1.54, 1.807) is 47.0 Å². The van der Waals surface area contributed by atoms with E-state index in [1.165, 1.54) is 12.1 Å². The van der Waals surface area contributed by atoms with Crippen LogP contribution in [0.25, 0.3) is 16.8 Å². The molecule has 0 aliphatic heterocycles. The lowest BCUT2D eigenvalue weighted by Crippen LogP contribution is -2.67. The summed E-state index contributed by atoms with van der Waals surface area (Å²) in [6.07, 6.45) is 3.83. The van der Waals surface area contributed by atoms with Crippen LogP contribution in [0, 0.1) is 5.82 Å². The van der Waals surface area contributed by atoms with Crippen LogP contribution in [0.4, 0.5) is 9.18 Å². The largest absolute Gasteiger partial charge is 0.492 e. The first-order valence-electron chi connectivity index (χ1n) is 12.5. The Morgan fingerprint density at radius 2 is 1.97 bits per heavy atom. The molecular formula is C28H35FN5O5+. The van der Waals surface area contributed by atoms with Gasteiger partial charge in [0.1, 0.15) is 35.6 Å².